The fraction of sp³-hybridized carbons (Fsp3) is 0.538. The van der Waals surface area contributed by atoms with Gasteiger partial charge in [-0.25, -0.2) is 4.99 Å². The van der Waals surface area contributed by atoms with E-state index < -0.39 is 0 Å². The smallest absolute Gasteiger partial charge is 0.272 e. The van der Waals surface area contributed by atoms with E-state index in [9.17, 15) is 4.79 Å². The Balaban J connectivity index is 2.75. The molecule has 0 radical (unpaired) electrons. The molecule has 0 spiro atoms. The van der Waals surface area contributed by atoms with Crippen molar-refractivity contribution in [3.63, 3.8) is 0 Å². The van der Waals surface area contributed by atoms with Gasteiger partial charge in [-0.05, 0) is 32.3 Å². The second-order valence-corrected chi connectivity index (χ2v) is 4.28. The molecule has 1 amide bonds. The molecule has 16 heavy (non-hydrogen) atoms. The maximum atomic E-state index is 12.1. The molecule has 0 aliphatic carbocycles. The van der Waals surface area contributed by atoms with Crippen LogP contribution in [-0.2, 0) is 4.79 Å². The Bertz CT molecular complexity index is 342. The van der Waals surface area contributed by atoms with E-state index in [1.165, 1.54) is 0 Å². The summed E-state index contributed by atoms with van der Waals surface area (Å²) >= 11 is 0. The lowest BCUT2D eigenvalue weighted by atomic mass is 10.2. The number of carbonyl (C=O) groups excluding carboxylic acids is 1. The van der Waals surface area contributed by atoms with Gasteiger partial charge >= 0.3 is 0 Å². The summed E-state index contributed by atoms with van der Waals surface area (Å²) in [6.45, 7) is 11.2. The van der Waals surface area contributed by atoms with Crippen LogP contribution in [0.2, 0.25) is 0 Å². The van der Waals surface area contributed by atoms with Crippen LogP contribution < -0.4 is 0 Å². The summed E-state index contributed by atoms with van der Waals surface area (Å²) in [5.41, 5.74) is 1.29. The lowest BCUT2D eigenvalue weighted by Gasteiger charge is -2.15. The third kappa shape index (κ3) is 3.05. The molecule has 0 aromatic heterocycles. The number of carbonyl (C=O) groups is 1. The van der Waals surface area contributed by atoms with Gasteiger partial charge in [0.1, 0.15) is 5.70 Å². The van der Waals surface area contributed by atoms with E-state index in [0.717, 1.165) is 25.2 Å². The molecule has 1 atom stereocenters. The SMILES string of the molecule is C=CC(C)=N/C(=C\C)C(=O)N1CCC(C)C1. The Hall–Kier alpha value is -1.38. The van der Waals surface area contributed by atoms with Crippen LogP contribution in [0.15, 0.2) is 29.4 Å². The highest BCUT2D eigenvalue weighted by Gasteiger charge is 2.25. The third-order valence-electron chi connectivity index (χ3n) is 2.80. The number of amides is 1. The average molecular weight is 220 g/mol. The Morgan fingerprint density at radius 3 is 2.69 bits per heavy atom. The number of rotatable bonds is 3. The monoisotopic (exact) mass is 220 g/mol. The van der Waals surface area contributed by atoms with Gasteiger partial charge in [0.05, 0.1) is 0 Å². The van der Waals surface area contributed by atoms with E-state index in [2.05, 4.69) is 18.5 Å². The average Bonchev–Trinajstić information content (AvgIpc) is 2.71. The van der Waals surface area contributed by atoms with Crippen LogP contribution in [0.1, 0.15) is 27.2 Å². The van der Waals surface area contributed by atoms with Gasteiger partial charge in [0.25, 0.3) is 5.91 Å². The van der Waals surface area contributed by atoms with Crippen molar-refractivity contribution in [2.75, 3.05) is 13.1 Å². The summed E-state index contributed by atoms with van der Waals surface area (Å²) in [4.78, 5) is 18.2. The van der Waals surface area contributed by atoms with Gasteiger partial charge < -0.3 is 4.90 Å². The van der Waals surface area contributed by atoms with Crippen molar-refractivity contribution in [2.45, 2.75) is 27.2 Å². The molecule has 1 unspecified atom stereocenters. The van der Waals surface area contributed by atoms with Crippen LogP contribution in [0.3, 0.4) is 0 Å². The van der Waals surface area contributed by atoms with Gasteiger partial charge in [-0.3, -0.25) is 4.79 Å². The molecule has 3 nitrogen and oxygen atoms in total. The Morgan fingerprint density at radius 1 is 1.56 bits per heavy atom. The largest absolute Gasteiger partial charge is 0.337 e. The predicted octanol–water partition coefficient (Wildman–Crippen LogP) is 2.41. The third-order valence-corrected chi connectivity index (χ3v) is 2.80. The lowest BCUT2D eigenvalue weighted by Crippen LogP contribution is -2.29. The molecule has 0 aromatic rings. The molecule has 1 rings (SSSR count). The molecule has 0 saturated carbocycles. The lowest BCUT2D eigenvalue weighted by molar-refractivity contribution is -0.126. The minimum atomic E-state index is 0.0352. The van der Waals surface area contributed by atoms with Gasteiger partial charge in [0.15, 0.2) is 0 Å². The summed E-state index contributed by atoms with van der Waals surface area (Å²) in [6, 6.07) is 0. The second-order valence-electron chi connectivity index (χ2n) is 4.28. The first-order valence-electron chi connectivity index (χ1n) is 5.71. The van der Waals surface area contributed by atoms with Crippen molar-refractivity contribution in [1.82, 2.24) is 4.90 Å². The highest BCUT2D eigenvalue weighted by atomic mass is 16.2. The highest BCUT2D eigenvalue weighted by molar-refractivity contribution is 6.00. The van der Waals surface area contributed by atoms with E-state index in [1.807, 2.05) is 18.7 Å². The van der Waals surface area contributed by atoms with Crippen LogP contribution in [0.4, 0.5) is 0 Å². The van der Waals surface area contributed by atoms with Crippen LogP contribution in [0, 0.1) is 5.92 Å². The zero-order valence-corrected chi connectivity index (χ0v) is 10.4. The Labute approximate surface area is 97.6 Å². The Kier molecular flexibility index (Phi) is 4.47. The molecular formula is C13H20N2O. The maximum absolute atomic E-state index is 12.1. The second kappa shape index (κ2) is 5.64. The van der Waals surface area contributed by atoms with Crippen molar-refractivity contribution in [2.24, 2.45) is 10.9 Å². The van der Waals surface area contributed by atoms with Crippen LogP contribution in [0.25, 0.3) is 0 Å². The molecule has 0 N–H and O–H groups in total. The first-order chi connectivity index (χ1) is 7.58. The number of aliphatic imine (C=N–C) groups is 1. The summed E-state index contributed by atoms with van der Waals surface area (Å²) in [6.07, 6.45) is 4.51. The van der Waals surface area contributed by atoms with E-state index in [-0.39, 0.29) is 5.91 Å². The molecule has 88 valence electrons. The number of likely N-dealkylation sites (tertiary alicyclic amines) is 1. The summed E-state index contributed by atoms with van der Waals surface area (Å²) in [5.74, 6) is 0.639. The van der Waals surface area contributed by atoms with E-state index in [1.54, 1.807) is 12.2 Å². The van der Waals surface area contributed by atoms with Crippen molar-refractivity contribution in [3.05, 3.63) is 24.4 Å². The summed E-state index contributed by atoms with van der Waals surface area (Å²) < 4.78 is 0. The number of nitrogens with zero attached hydrogens (tertiary/aromatic N) is 2. The molecule has 1 aliphatic rings. The van der Waals surface area contributed by atoms with Crippen LogP contribution in [0.5, 0.6) is 0 Å². The molecule has 1 aliphatic heterocycles. The Morgan fingerprint density at radius 2 is 2.25 bits per heavy atom. The normalized spacial score (nSPS) is 22.4. The molecule has 0 bridgehead atoms. The zero-order valence-electron chi connectivity index (χ0n) is 10.4. The number of allylic oxidation sites excluding steroid dienone is 2. The van der Waals surface area contributed by atoms with Gasteiger partial charge in [-0.15, -0.1) is 0 Å². The van der Waals surface area contributed by atoms with E-state index >= 15 is 0 Å². The standard InChI is InChI=1S/C13H20N2O/c1-5-11(4)14-12(6-2)13(16)15-8-7-10(3)9-15/h5-6,10H,1,7-9H2,2-4H3/b12-6-,14-11?. The van der Waals surface area contributed by atoms with Crippen molar-refractivity contribution < 1.29 is 4.79 Å². The maximum Gasteiger partial charge on any atom is 0.272 e. The molecule has 0 aromatic carbocycles. The minimum absolute atomic E-state index is 0.0352. The number of hydrogen-bond acceptors (Lipinski definition) is 2. The van der Waals surface area contributed by atoms with Gasteiger partial charge in [0.2, 0.25) is 0 Å². The van der Waals surface area contributed by atoms with E-state index in [4.69, 9.17) is 0 Å². The van der Waals surface area contributed by atoms with Crippen molar-refractivity contribution in [3.8, 4) is 0 Å². The predicted molar refractivity (Wildman–Crippen MR) is 67.4 cm³/mol. The fourth-order valence-corrected chi connectivity index (χ4v) is 1.75. The minimum Gasteiger partial charge on any atom is -0.337 e. The van der Waals surface area contributed by atoms with Crippen molar-refractivity contribution >= 4 is 11.6 Å². The quantitative estimate of drug-likeness (QED) is 0.531. The topological polar surface area (TPSA) is 32.7 Å². The number of hydrogen-bond donors (Lipinski definition) is 0. The van der Waals surface area contributed by atoms with E-state index in [0.29, 0.717) is 11.6 Å². The zero-order chi connectivity index (χ0) is 12.1. The van der Waals surface area contributed by atoms with Crippen LogP contribution >= 0.6 is 0 Å². The molecule has 3 heteroatoms. The first-order valence-corrected chi connectivity index (χ1v) is 5.71. The first kappa shape index (κ1) is 12.7. The van der Waals surface area contributed by atoms with Gasteiger partial charge in [-0.2, -0.15) is 0 Å². The molecule has 1 fully saturated rings. The van der Waals surface area contributed by atoms with Gasteiger partial charge in [0, 0.05) is 18.8 Å². The van der Waals surface area contributed by atoms with Gasteiger partial charge in [-0.1, -0.05) is 19.6 Å². The molecular weight excluding hydrogens is 200 g/mol. The fourth-order valence-electron chi connectivity index (χ4n) is 1.75. The van der Waals surface area contributed by atoms with Crippen LogP contribution in [-0.4, -0.2) is 29.6 Å². The highest BCUT2D eigenvalue weighted by Crippen LogP contribution is 2.17. The summed E-state index contributed by atoms with van der Waals surface area (Å²) in [5, 5.41) is 0. The molecule has 1 saturated heterocycles. The molecule has 1 heterocycles. The van der Waals surface area contributed by atoms with Crippen molar-refractivity contribution in [1.29, 1.82) is 0 Å². The summed E-state index contributed by atoms with van der Waals surface area (Å²) in [7, 11) is 0.